The molecule has 136 valence electrons. The first-order valence-corrected chi connectivity index (χ1v) is 9.62. The van der Waals surface area contributed by atoms with Crippen molar-refractivity contribution in [2.24, 2.45) is 5.92 Å². The normalized spacial score (nSPS) is 17.5. The number of fused-ring (bicyclic) bond motifs is 1. The number of aromatic nitrogens is 1. The maximum atomic E-state index is 12.7. The van der Waals surface area contributed by atoms with Crippen LogP contribution in [-0.2, 0) is 0 Å². The fourth-order valence-corrected chi connectivity index (χ4v) is 3.65. The maximum Gasteiger partial charge on any atom is 0.253 e. The Morgan fingerprint density at radius 2 is 1.85 bits per heavy atom. The second kappa shape index (κ2) is 7.75. The molecule has 1 unspecified atom stereocenters. The standard InChI is InChI=1S/C24H24N2O/c1-18-5-4-16-26(17-18)24(27)21-11-8-19(9-12-21)10-14-22-15-13-20-6-2-3-7-23(20)25-22/h2-3,6-15,18H,4-5,16-17H2,1H3/b14-10+. The number of pyridine rings is 1. The third-order valence-corrected chi connectivity index (χ3v) is 5.17. The van der Waals surface area contributed by atoms with E-state index in [1.54, 1.807) is 0 Å². The van der Waals surface area contributed by atoms with E-state index in [0.717, 1.165) is 47.2 Å². The summed E-state index contributed by atoms with van der Waals surface area (Å²) < 4.78 is 0. The van der Waals surface area contributed by atoms with E-state index in [1.807, 2.05) is 65.6 Å². The molecule has 27 heavy (non-hydrogen) atoms. The Kier molecular flexibility index (Phi) is 5.01. The van der Waals surface area contributed by atoms with Crippen LogP contribution < -0.4 is 0 Å². The zero-order chi connectivity index (χ0) is 18.6. The van der Waals surface area contributed by atoms with Crippen LogP contribution in [0, 0.1) is 5.92 Å². The molecule has 1 saturated heterocycles. The van der Waals surface area contributed by atoms with Gasteiger partial charge < -0.3 is 4.90 Å². The maximum absolute atomic E-state index is 12.7. The Morgan fingerprint density at radius 3 is 2.67 bits per heavy atom. The fourth-order valence-electron chi connectivity index (χ4n) is 3.65. The molecule has 3 nitrogen and oxygen atoms in total. The smallest absolute Gasteiger partial charge is 0.253 e. The molecule has 0 saturated carbocycles. The van der Waals surface area contributed by atoms with Gasteiger partial charge in [-0.1, -0.05) is 49.4 Å². The summed E-state index contributed by atoms with van der Waals surface area (Å²) in [6, 6.07) is 20.1. The Labute approximate surface area is 160 Å². The molecule has 0 aliphatic carbocycles. The lowest BCUT2D eigenvalue weighted by Crippen LogP contribution is -2.39. The first-order chi connectivity index (χ1) is 13.2. The van der Waals surface area contributed by atoms with E-state index >= 15 is 0 Å². The lowest BCUT2D eigenvalue weighted by molar-refractivity contribution is 0.0683. The van der Waals surface area contributed by atoms with Crippen LogP contribution in [0.2, 0.25) is 0 Å². The molecule has 1 fully saturated rings. The number of para-hydroxylation sites is 1. The van der Waals surface area contributed by atoms with Crippen molar-refractivity contribution in [1.82, 2.24) is 9.88 Å². The zero-order valence-corrected chi connectivity index (χ0v) is 15.6. The Morgan fingerprint density at radius 1 is 1.04 bits per heavy atom. The molecule has 0 N–H and O–H groups in total. The van der Waals surface area contributed by atoms with E-state index in [4.69, 9.17) is 0 Å². The first-order valence-electron chi connectivity index (χ1n) is 9.62. The molecule has 1 amide bonds. The quantitative estimate of drug-likeness (QED) is 0.640. The van der Waals surface area contributed by atoms with Crippen LogP contribution in [0.1, 0.15) is 41.4 Å². The Balaban J connectivity index is 1.46. The minimum Gasteiger partial charge on any atom is -0.338 e. The van der Waals surface area contributed by atoms with Crippen LogP contribution in [0.5, 0.6) is 0 Å². The molecule has 3 aromatic rings. The number of rotatable bonds is 3. The van der Waals surface area contributed by atoms with E-state index in [2.05, 4.69) is 24.0 Å². The highest BCUT2D eigenvalue weighted by molar-refractivity contribution is 5.94. The highest BCUT2D eigenvalue weighted by atomic mass is 16.2. The number of hydrogen-bond acceptors (Lipinski definition) is 2. The average molecular weight is 356 g/mol. The third kappa shape index (κ3) is 4.08. The van der Waals surface area contributed by atoms with Gasteiger partial charge in [0.25, 0.3) is 5.91 Å². The van der Waals surface area contributed by atoms with Gasteiger partial charge in [-0.15, -0.1) is 0 Å². The highest BCUT2D eigenvalue weighted by Gasteiger charge is 2.21. The number of benzene rings is 2. The molecule has 0 radical (unpaired) electrons. The Hall–Kier alpha value is -2.94. The SMILES string of the molecule is CC1CCCN(C(=O)c2ccc(/C=C/c3ccc4ccccc4n3)cc2)C1. The average Bonchev–Trinajstić information content (AvgIpc) is 2.72. The van der Waals surface area contributed by atoms with E-state index in [-0.39, 0.29) is 5.91 Å². The van der Waals surface area contributed by atoms with Gasteiger partial charge in [-0.2, -0.15) is 0 Å². The summed E-state index contributed by atoms with van der Waals surface area (Å²) in [6.07, 6.45) is 6.37. The van der Waals surface area contributed by atoms with Crippen molar-refractivity contribution in [3.8, 4) is 0 Å². The van der Waals surface area contributed by atoms with E-state index in [9.17, 15) is 4.79 Å². The van der Waals surface area contributed by atoms with Crippen molar-refractivity contribution in [2.75, 3.05) is 13.1 Å². The number of hydrogen-bond donors (Lipinski definition) is 0. The van der Waals surface area contributed by atoms with Crippen LogP contribution in [0.3, 0.4) is 0 Å². The molecule has 1 aromatic heterocycles. The van der Waals surface area contributed by atoms with Gasteiger partial charge in [0, 0.05) is 24.0 Å². The lowest BCUT2D eigenvalue weighted by Gasteiger charge is -2.31. The van der Waals surface area contributed by atoms with Crippen LogP contribution in [-0.4, -0.2) is 28.9 Å². The number of piperidine rings is 1. The van der Waals surface area contributed by atoms with Crippen molar-refractivity contribution in [3.05, 3.63) is 77.5 Å². The molecule has 0 spiro atoms. The number of likely N-dealkylation sites (tertiary alicyclic amines) is 1. The summed E-state index contributed by atoms with van der Waals surface area (Å²) in [4.78, 5) is 19.3. The summed E-state index contributed by atoms with van der Waals surface area (Å²) in [7, 11) is 0. The van der Waals surface area contributed by atoms with Crippen LogP contribution >= 0.6 is 0 Å². The van der Waals surface area contributed by atoms with Gasteiger partial charge in [-0.3, -0.25) is 4.79 Å². The molecule has 4 rings (SSSR count). The van der Waals surface area contributed by atoms with Gasteiger partial charge in [-0.25, -0.2) is 4.98 Å². The van der Waals surface area contributed by atoms with Crippen molar-refractivity contribution in [2.45, 2.75) is 19.8 Å². The summed E-state index contributed by atoms with van der Waals surface area (Å²) in [5, 5.41) is 1.14. The third-order valence-electron chi connectivity index (χ3n) is 5.17. The highest BCUT2D eigenvalue weighted by Crippen LogP contribution is 2.19. The number of carbonyl (C=O) groups is 1. The van der Waals surface area contributed by atoms with Gasteiger partial charge in [0.2, 0.25) is 0 Å². The van der Waals surface area contributed by atoms with E-state index < -0.39 is 0 Å². The predicted molar refractivity (Wildman–Crippen MR) is 111 cm³/mol. The molecule has 2 aromatic carbocycles. The zero-order valence-electron chi connectivity index (χ0n) is 15.6. The second-order valence-electron chi connectivity index (χ2n) is 7.38. The summed E-state index contributed by atoms with van der Waals surface area (Å²) in [5.41, 5.74) is 3.76. The predicted octanol–water partition coefficient (Wildman–Crippen LogP) is 5.28. The summed E-state index contributed by atoms with van der Waals surface area (Å²) in [6.45, 7) is 3.96. The van der Waals surface area contributed by atoms with E-state index in [0.29, 0.717) is 5.92 Å². The molecule has 0 bridgehead atoms. The molecular weight excluding hydrogens is 332 g/mol. The van der Waals surface area contributed by atoms with Crippen LogP contribution in [0.25, 0.3) is 23.1 Å². The Bertz CT molecular complexity index is 975. The number of nitrogens with zero attached hydrogens (tertiary/aromatic N) is 2. The molecule has 1 aliphatic rings. The lowest BCUT2D eigenvalue weighted by atomic mass is 9.99. The minimum absolute atomic E-state index is 0.147. The van der Waals surface area contributed by atoms with Crippen molar-refractivity contribution >= 4 is 29.0 Å². The minimum atomic E-state index is 0.147. The van der Waals surface area contributed by atoms with Crippen LogP contribution in [0.4, 0.5) is 0 Å². The topological polar surface area (TPSA) is 33.2 Å². The second-order valence-corrected chi connectivity index (χ2v) is 7.38. The van der Waals surface area contributed by atoms with Crippen molar-refractivity contribution in [1.29, 1.82) is 0 Å². The van der Waals surface area contributed by atoms with Gasteiger partial charge in [0.05, 0.1) is 11.2 Å². The number of amides is 1. The fraction of sp³-hybridized carbons (Fsp3) is 0.250. The van der Waals surface area contributed by atoms with Gasteiger partial charge in [-0.05, 0) is 54.7 Å². The molecule has 1 aliphatic heterocycles. The van der Waals surface area contributed by atoms with Crippen molar-refractivity contribution in [3.63, 3.8) is 0 Å². The first kappa shape index (κ1) is 17.5. The summed E-state index contributed by atoms with van der Waals surface area (Å²) >= 11 is 0. The van der Waals surface area contributed by atoms with Crippen LogP contribution in [0.15, 0.2) is 60.7 Å². The molecule has 1 atom stereocenters. The molecule has 2 heterocycles. The van der Waals surface area contributed by atoms with Gasteiger partial charge in [0.1, 0.15) is 0 Å². The van der Waals surface area contributed by atoms with E-state index in [1.165, 1.54) is 6.42 Å². The summed E-state index contributed by atoms with van der Waals surface area (Å²) in [5.74, 6) is 0.743. The van der Waals surface area contributed by atoms with Gasteiger partial charge in [0.15, 0.2) is 0 Å². The molecule has 3 heteroatoms. The van der Waals surface area contributed by atoms with Crippen molar-refractivity contribution < 1.29 is 4.79 Å². The largest absolute Gasteiger partial charge is 0.338 e. The number of carbonyl (C=O) groups excluding carboxylic acids is 1. The van der Waals surface area contributed by atoms with Gasteiger partial charge >= 0.3 is 0 Å². The monoisotopic (exact) mass is 356 g/mol. The molecular formula is C24H24N2O.